The smallest absolute Gasteiger partial charge is 0.341 e. The number of carbonyl (C=O) groups excluding carboxylic acids is 1. The zero-order valence-corrected chi connectivity index (χ0v) is 15.3. The molecule has 0 fully saturated rings. The molecule has 2 aromatic rings. The van der Waals surface area contributed by atoms with Crippen LogP contribution in [0, 0.1) is 27.7 Å². The Morgan fingerprint density at radius 1 is 1.17 bits per heavy atom. The highest BCUT2D eigenvalue weighted by molar-refractivity contribution is 7.92. The van der Waals surface area contributed by atoms with Crippen LogP contribution in [0.5, 0.6) is 0 Å². The third-order valence-electron chi connectivity index (χ3n) is 3.70. The first-order valence-corrected chi connectivity index (χ1v) is 9.12. The number of rotatable bonds is 5. The van der Waals surface area contributed by atoms with Crippen molar-refractivity contribution >= 4 is 21.7 Å². The molecule has 0 unspecified atom stereocenters. The Balaban J connectivity index is 2.54. The molecule has 24 heavy (non-hydrogen) atoms. The summed E-state index contributed by atoms with van der Waals surface area (Å²) in [5.41, 5.74) is 3.13. The molecule has 130 valence electrons. The van der Waals surface area contributed by atoms with Crippen LogP contribution in [-0.4, -0.2) is 26.0 Å². The van der Waals surface area contributed by atoms with E-state index in [-0.39, 0.29) is 17.1 Å². The van der Waals surface area contributed by atoms with Crippen LogP contribution in [0.2, 0.25) is 0 Å². The average molecular weight is 350 g/mol. The van der Waals surface area contributed by atoms with E-state index in [1.54, 1.807) is 26.8 Å². The van der Waals surface area contributed by atoms with E-state index in [0.29, 0.717) is 17.1 Å². The number of aromatic nitrogens is 1. The standard InChI is InChI=1S/C17H22N2O4S/c1-6-23-17(20)15-12(4)18-13(5)16(15)24(21,22)19-14-9-10(2)7-8-11(14)3/h7-9,18-19H,6H2,1-5H3. The van der Waals surface area contributed by atoms with E-state index in [9.17, 15) is 13.2 Å². The largest absolute Gasteiger partial charge is 0.462 e. The molecule has 0 bridgehead atoms. The van der Waals surface area contributed by atoms with Gasteiger partial charge in [0.2, 0.25) is 0 Å². The lowest BCUT2D eigenvalue weighted by molar-refractivity contribution is 0.0521. The highest BCUT2D eigenvalue weighted by Gasteiger charge is 2.30. The van der Waals surface area contributed by atoms with Crippen LogP contribution in [0.1, 0.15) is 39.8 Å². The van der Waals surface area contributed by atoms with Gasteiger partial charge in [0.15, 0.2) is 0 Å². The lowest BCUT2D eigenvalue weighted by Gasteiger charge is -2.13. The van der Waals surface area contributed by atoms with Gasteiger partial charge in [-0.05, 0) is 51.8 Å². The van der Waals surface area contributed by atoms with Crippen LogP contribution in [0.15, 0.2) is 23.1 Å². The van der Waals surface area contributed by atoms with E-state index >= 15 is 0 Å². The van der Waals surface area contributed by atoms with E-state index in [4.69, 9.17) is 4.74 Å². The zero-order valence-electron chi connectivity index (χ0n) is 14.5. The number of hydrogen-bond donors (Lipinski definition) is 2. The van der Waals surface area contributed by atoms with Crippen LogP contribution < -0.4 is 4.72 Å². The molecule has 2 rings (SSSR count). The van der Waals surface area contributed by atoms with Crippen molar-refractivity contribution in [2.45, 2.75) is 39.5 Å². The summed E-state index contributed by atoms with van der Waals surface area (Å²) >= 11 is 0. The number of benzene rings is 1. The maximum Gasteiger partial charge on any atom is 0.341 e. The van der Waals surface area contributed by atoms with Gasteiger partial charge in [-0.1, -0.05) is 12.1 Å². The van der Waals surface area contributed by atoms with Gasteiger partial charge in [-0.2, -0.15) is 0 Å². The summed E-state index contributed by atoms with van der Waals surface area (Å²) in [6.45, 7) is 8.82. The van der Waals surface area contributed by atoms with E-state index in [1.165, 1.54) is 0 Å². The van der Waals surface area contributed by atoms with Gasteiger partial charge < -0.3 is 9.72 Å². The third-order valence-corrected chi connectivity index (χ3v) is 5.24. The Morgan fingerprint density at radius 2 is 1.83 bits per heavy atom. The minimum atomic E-state index is -3.94. The molecule has 0 aliphatic heterocycles. The molecule has 2 N–H and O–H groups in total. The molecule has 1 aromatic carbocycles. The van der Waals surface area contributed by atoms with Crippen molar-refractivity contribution < 1.29 is 17.9 Å². The Kier molecular flexibility index (Phi) is 5.03. The van der Waals surface area contributed by atoms with Crippen molar-refractivity contribution in [1.29, 1.82) is 0 Å². The van der Waals surface area contributed by atoms with Crippen molar-refractivity contribution in [3.8, 4) is 0 Å². The number of aromatic amines is 1. The van der Waals surface area contributed by atoms with Crippen molar-refractivity contribution in [3.05, 3.63) is 46.3 Å². The van der Waals surface area contributed by atoms with Crippen LogP contribution in [0.4, 0.5) is 5.69 Å². The predicted octanol–water partition coefficient (Wildman–Crippen LogP) is 3.23. The van der Waals surface area contributed by atoms with Crippen LogP contribution in [0.25, 0.3) is 0 Å². The predicted molar refractivity (Wildman–Crippen MR) is 92.9 cm³/mol. The SMILES string of the molecule is CCOC(=O)c1c(C)[nH]c(C)c1S(=O)(=O)Nc1cc(C)ccc1C. The first kappa shape index (κ1) is 18.1. The number of anilines is 1. The molecule has 7 heteroatoms. The molecule has 1 aromatic heterocycles. The summed E-state index contributed by atoms with van der Waals surface area (Å²) in [4.78, 5) is 15.0. The number of esters is 1. The van der Waals surface area contributed by atoms with Crippen LogP contribution in [-0.2, 0) is 14.8 Å². The normalized spacial score (nSPS) is 11.4. The summed E-state index contributed by atoms with van der Waals surface area (Å²) in [5, 5.41) is 0. The molecule has 0 saturated carbocycles. The molecular weight excluding hydrogens is 328 g/mol. The number of nitrogens with one attached hydrogen (secondary N) is 2. The maximum atomic E-state index is 12.9. The number of hydrogen-bond acceptors (Lipinski definition) is 4. The summed E-state index contributed by atoms with van der Waals surface area (Å²) in [6.07, 6.45) is 0. The molecule has 6 nitrogen and oxygen atoms in total. The Hall–Kier alpha value is -2.28. The molecule has 0 aliphatic rings. The van der Waals surface area contributed by atoms with Gasteiger partial charge in [0.25, 0.3) is 10.0 Å². The van der Waals surface area contributed by atoms with E-state index in [1.807, 2.05) is 26.0 Å². The second kappa shape index (κ2) is 6.68. The molecular formula is C17H22N2O4S. The van der Waals surface area contributed by atoms with Crippen LogP contribution >= 0.6 is 0 Å². The highest BCUT2D eigenvalue weighted by atomic mass is 32.2. The maximum absolute atomic E-state index is 12.9. The molecule has 0 spiro atoms. The van der Waals surface area contributed by atoms with Crippen molar-refractivity contribution in [2.75, 3.05) is 11.3 Å². The minimum absolute atomic E-state index is 0.0483. The van der Waals surface area contributed by atoms with Gasteiger partial charge in [-0.15, -0.1) is 0 Å². The van der Waals surface area contributed by atoms with Crippen molar-refractivity contribution in [2.24, 2.45) is 0 Å². The fraction of sp³-hybridized carbons (Fsp3) is 0.353. The third kappa shape index (κ3) is 3.46. The number of sulfonamides is 1. The Labute approximate surface area is 142 Å². The van der Waals surface area contributed by atoms with Crippen LogP contribution in [0.3, 0.4) is 0 Å². The fourth-order valence-electron chi connectivity index (χ4n) is 2.58. The molecule has 0 atom stereocenters. The molecule has 0 radical (unpaired) electrons. The summed E-state index contributed by atoms with van der Waals surface area (Å²) in [5.74, 6) is -0.652. The van der Waals surface area contributed by atoms with Gasteiger partial charge in [0.1, 0.15) is 10.5 Å². The number of ether oxygens (including phenoxy) is 1. The first-order chi connectivity index (χ1) is 11.2. The van der Waals surface area contributed by atoms with Gasteiger partial charge in [-0.3, -0.25) is 4.72 Å². The summed E-state index contributed by atoms with van der Waals surface area (Å²) in [6, 6.07) is 5.50. The van der Waals surface area contributed by atoms with Crippen molar-refractivity contribution in [3.63, 3.8) is 0 Å². The van der Waals surface area contributed by atoms with E-state index in [2.05, 4.69) is 9.71 Å². The lowest BCUT2D eigenvalue weighted by Crippen LogP contribution is -2.18. The summed E-state index contributed by atoms with van der Waals surface area (Å²) in [7, 11) is -3.94. The topological polar surface area (TPSA) is 88.3 Å². The second-order valence-electron chi connectivity index (χ2n) is 5.72. The van der Waals surface area contributed by atoms with Crippen molar-refractivity contribution in [1.82, 2.24) is 4.98 Å². The Morgan fingerprint density at radius 3 is 2.46 bits per heavy atom. The number of aryl methyl sites for hydroxylation is 4. The monoisotopic (exact) mass is 350 g/mol. The molecule has 0 saturated heterocycles. The zero-order chi connectivity index (χ0) is 18.1. The van der Waals surface area contributed by atoms with Gasteiger partial charge in [0.05, 0.1) is 12.3 Å². The number of carbonyl (C=O) groups is 1. The Bertz CT molecular complexity index is 882. The average Bonchev–Trinajstić information content (AvgIpc) is 2.78. The fourth-order valence-corrected chi connectivity index (χ4v) is 4.16. The highest BCUT2D eigenvalue weighted by Crippen LogP contribution is 2.28. The van der Waals surface area contributed by atoms with E-state index < -0.39 is 16.0 Å². The minimum Gasteiger partial charge on any atom is -0.462 e. The summed E-state index contributed by atoms with van der Waals surface area (Å²) < 4.78 is 33.4. The van der Waals surface area contributed by atoms with E-state index in [0.717, 1.165) is 11.1 Å². The molecule has 1 heterocycles. The van der Waals surface area contributed by atoms with Gasteiger partial charge >= 0.3 is 5.97 Å². The quantitative estimate of drug-likeness (QED) is 0.810. The first-order valence-electron chi connectivity index (χ1n) is 7.63. The lowest BCUT2D eigenvalue weighted by atomic mass is 10.1. The van der Waals surface area contributed by atoms with Gasteiger partial charge in [-0.25, -0.2) is 13.2 Å². The second-order valence-corrected chi connectivity index (χ2v) is 7.34. The van der Waals surface area contributed by atoms with Gasteiger partial charge in [0, 0.05) is 11.4 Å². The number of H-pyrrole nitrogens is 1. The molecule has 0 aliphatic carbocycles. The molecule has 0 amide bonds.